The van der Waals surface area contributed by atoms with Crippen molar-refractivity contribution in [2.45, 2.75) is 6.92 Å². The number of nitrogens with zero attached hydrogens (tertiary/aromatic N) is 1. The fourth-order valence-corrected chi connectivity index (χ4v) is 2.39. The molecule has 0 aromatic heterocycles. The summed E-state index contributed by atoms with van der Waals surface area (Å²) in [7, 11) is 0. The minimum atomic E-state index is -0.498. The van der Waals surface area contributed by atoms with Gasteiger partial charge >= 0.3 is 5.97 Å². The van der Waals surface area contributed by atoms with E-state index in [-0.39, 0.29) is 11.6 Å². The minimum Gasteiger partial charge on any atom is -0.494 e. The van der Waals surface area contributed by atoms with Crippen molar-refractivity contribution < 1.29 is 14.3 Å². The molecule has 23 heavy (non-hydrogen) atoms. The van der Waals surface area contributed by atoms with Crippen molar-refractivity contribution in [3.05, 3.63) is 70.4 Å². The van der Waals surface area contributed by atoms with Crippen LogP contribution in [0.4, 0.5) is 0 Å². The smallest absolute Gasteiger partial charge is 0.363 e. The van der Waals surface area contributed by atoms with Gasteiger partial charge in [-0.15, -0.1) is 0 Å². The Morgan fingerprint density at radius 1 is 1.22 bits per heavy atom. The summed E-state index contributed by atoms with van der Waals surface area (Å²) < 4.78 is 10.7. The van der Waals surface area contributed by atoms with Crippen LogP contribution in [0, 0.1) is 0 Å². The van der Waals surface area contributed by atoms with Gasteiger partial charge in [0.1, 0.15) is 5.75 Å². The van der Waals surface area contributed by atoms with Crippen LogP contribution in [0.2, 0.25) is 5.02 Å². The molecule has 4 nitrogen and oxygen atoms in total. The Labute approximate surface area is 139 Å². The molecule has 0 bridgehead atoms. The first-order valence-electron chi connectivity index (χ1n) is 7.17. The molecule has 1 aliphatic heterocycles. The Kier molecular flexibility index (Phi) is 4.44. The van der Waals surface area contributed by atoms with Crippen LogP contribution in [0.5, 0.6) is 5.75 Å². The van der Waals surface area contributed by atoms with E-state index in [0.717, 1.165) is 11.3 Å². The number of carbonyl (C=O) groups is 1. The molecule has 0 amide bonds. The summed E-state index contributed by atoms with van der Waals surface area (Å²) in [5.74, 6) is 0.457. The highest BCUT2D eigenvalue weighted by atomic mass is 35.5. The summed E-state index contributed by atoms with van der Waals surface area (Å²) >= 11 is 6.11. The van der Waals surface area contributed by atoms with Crippen molar-refractivity contribution >= 4 is 29.5 Å². The predicted molar refractivity (Wildman–Crippen MR) is 89.7 cm³/mol. The molecule has 0 unspecified atom stereocenters. The van der Waals surface area contributed by atoms with Gasteiger partial charge in [0.15, 0.2) is 5.70 Å². The average molecular weight is 328 g/mol. The molecule has 0 aliphatic carbocycles. The predicted octanol–water partition coefficient (Wildman–Crippen LogP) is 4.08. The molecule has 0 radical (unpaired) electrons. The molecule has 1 heterocycles. The number of cyclic esters (lactones) is 1. The fourth-order valence-electron chi connectivity index (χ4n) is 2.18. The normalized spacial score (nSPS) is 15.5. The first-order chi connectivity index (χ1) is 11.2. The van der Waals surface area contributed by atoms with Crippen molar-refractivity contribution in [2.24, 2.45) is 4.99 Å². The molecule has 2 aromatic rings. The van der Waals surface area contributed by atoms with Crippen LogP contribution in [-0.2, 0) is 9.53 Å². The van der Waals surface area contributed by atoms with Gasteiger partial charge in [0.25, 0.3) is 0 Å². The number of esters is 1. The van der Waals surface area contributed by atoms with E-state index in [2.05, 4.69) is 4.99 Å². The lowest BCUT2D eigenvalue weighted by atomic mass is 10.2. The Morgan fingerprint density at radius 3 is 2.83 bits per heavy atom. The van der Waals surface area contributed by atoms with E-state index in [0.29, 0.717) is 17.2 Å². The van der Waals surface area contributed by atoms with Gasteiger partial charge in [-0.25, -0.2) is 9.79 Å². The van der Waals surface area contributed by atoms with E-state index in [1.807, 2.05) is 37.3 Å². The molecule has 0 saturated carbocycles. The summed E-state index contributed by atoms with van der Waals surface area (Å²) in [6.07, 6.45) is 1.66. The van der Waals surface area contributed by atoms with Gasteiger partial charge in [-0.3, -0.25) is 0 Å². The lowest BCUT2D eigenvalue weighted by molar-refractivity contribution is -0.129. The number of halogens is 1. The van der Waals surface area contributed by atoms with E-state index < -0.39 is 5.97 Å². The Hall–Kier alpha value is -2.59. The third-order valence-corrected chi connectivity index (χ3v) is 3.53. The first kappa shape index (κ1) is 15.3. The lowest BCUT2D eigenvalue weighted by Crippen LogP contribution is -2.05. The number of benzene rings is 2. The van der Waals surface area contributed by atoms with Crippen LogP contribution in [0.3, 0.4) is 0 Å². The van der Waals surface area contributed by atoms with Crippen molar-refractivity contribution in [3.8, 4) is 5.75 Å². The molecule has 0 spiro atoms. The SMILES string of the molecule is CCOc1cccc(/C=C2/N=C(c3ccccc3Cl)OC2=O)c1. The average Bonchev–Trinajstić information content (AvgIpc) is 2.89. The summed E-state index contributed by atoms with van der Waals surface area (Å²) in [6.45, 7) is 2.50. The largest absolute Gasteiger partial charge is 0.494 e. The number of carbonyl (C=O) groups excluding carboxylic acids is 1. The number of aliphatic imine (C=N–C) groups is 1. The van der Waals surface area contributed by atoms with Crippen LogP contribution in [0.1, 0.15) is 18.1 Å². The maximum Gasteiger partial charge on any atom is 0.363 e. The topological polar surface area (TPSA) is 47.9 Å². The van der Waals surface area contributed by atoms with E-state index in [1.165, 1.54) is 0 Å². The molecule has 1 aliphatic rings. The quantitative estimate of drug-likeness (QED) is 0.628. The monoisotopic (exact) mass is 327 g/mol. The maximum atomic E-state index is 12.0. The van der Waals surface area contributed by atoms with Gasteiger partial charge in [0, 0.05) is 0 Å². The molecule has 2 aromatic carbocycles. The first-order valence-corrected chi connectivity index (χ1v) is 7.55. The highest BCUT2D eigenvalue weighted by Crippen LogP contribution is 2.24. The lowest BCUT2D eigenvalue weighted by Gasteiger charge is -2.03. The van der Waals surface area contributed by atoms with Gasteiger partial charge in [-0.1, -0.05) is 35.9 Å². The van der Waals surface area contributed by atoms with Gasteiger partial charge in [0.2, 0.25) is 5.90 Å². The second kappa shape index (κ2) is 6.67. The zero-order valence-corrected chi connectivity index (χ0v) is 13.2. The standard InChI is InChI=1S/C18H14ClNO3/c1-2-22-13-7-5-6-12(10-13)11-16-18(21)23-17(20-16)14-8-3-4-9-15(14)19/h3-11H,2H2,1H3/b16-11+. The molecular formula is C18H14ClNO3. The highest BCUT2D eigenvalue weighted by molar-refractivity contribution is 6.34. The second-order valence-corrected chi connectivity index (χ2v) is 5.23. The molecule has 0 N–H and O–H groups in total. The van der Waals surface area contributed by atoms with Crippen LogP contribution in [-0.4, -0.2) is 18.5 Å². The summed E-state index contributed by atoms with van der Waals surface area (Å²) in [5.41, 5.74) is 1.63. The molecule has 3 rings (SSSR count). The minimum absolute atomic E-state index is 0.216. The third kappa shape index (κ3) is 3.43. The molecule has 0 fully saturated rings. The van der Waals surface area contributed by atoms with Crippen LogP contribution in [0.25, 0.3) is 6.08 Å². The number of hydrogen-bond donors (Lipinski definition) is 0. The molecule has 5 heteroatoms. The van der Waals surface area contributed by atoms with Crippen LogP contribution in [0.15, 0.2) is 59.2 Å². The number of rotatable bonds is 4. The van der Waals surface area contributed by atoms with Crippen molar-refractivity contribution in [3.63, 3.8) is 0 Å². The maximum absolute atomic E-state index is 12.0. The second-order valence-electron chi connectivity index (χ2n) is 4.82. The molecule has 0 atom stereocenters. The van der Waals surface area contributed by atoms with Gasteiger partial charge in [0.05, 0.1) is 17.2 Å². The van der Waals surface area contributed by atoms with Crippen LogP contribution >= 0.6 is 11.6 Å². The Balaban J connectivity index is 1.92. The zero-order chi connectivity index (χ0) is 16.2. The summed E-state index contributed by atoms with van der Waals surface area (Å²) in [5, 5.41) is 0.485. The zero-order valence-electron chi connectivity index (χ0n) is 12.5. The third-order valence-electron chi connectivity index (χ3n) is 3.20. The van der Waals surface area contributed by atoms with Gasteiger partial charge in [-0.05, 0) is 42.8 Å². The fraction of sp³-hybridized carbons (Fsp3) is 0.111. The molecule has 116 valence electrons. The van der Waals surface area contributed by atoms with Crippen molar-refractivity contribution in [2.75, 3.05) is 6.61 Å². The number of hydrogen-bond acceptors (Lipinski definition) is 4. The molecular weight excluding hydrogens is 314 g/mol. The Bertz CT molecular complexity index is 811. The van der Waals surface area contributed by atoms with E-state index in [1.54, 1.807) is 24.3 Å². The summed E-state index contributed by atoms with van der Waals surface area (Å²) in [6, 6.07) is 14.5. The van der Waals surface area contributed by atoms with Crippen molar-refractivity contribution in [1.29, 1.82) is 0 Å². The van der Waals surface area contributed by atoms with E-state index in [4.69, 9.17) is 21.1 Å². The van der Waals surface area contributed by atoms with Gasteiger partial charge in [-0.2, -0.15) is 0 Å². The number of ether oxygens (including phenoxy) is 2. The summed E-state index contributed by atoms with van der Waals surface area (Å²) in [4.78, 5) is 16.3. The van der Waals surface area contributed by atoms with Gasteiger partial charge < -0.3 is 9.47 Å². The highest BCUT2D eigenvalue weighted by Gasteiger charge is 2.25. The Morgan fingerprint density at radius 2 is 2.04 bits per heavy atom. The van der Waals surface area contributed by atoms with E-state index in [9.17, 15) is 4.79 Å². The van der Waals surface area contributed by atoms with Crippen molar-refractivity contribution in [1.82, 2.24) is 0 Å². The van der Waals surface area contributed by atoms with Crippen LogP contribution < -0.4 is 4.74 Å². The molecule has 0 saturated heterocycles. The van der Waals surface area contributed by atoms with E-state index >= 15 is 0 Å².